The topological polar surface area (TPSA) is 26.3 Å². The average Bonchev–Trinajstić information content (AvgIpc) is 2.26. The van der Waals surface area contributed by atoms with E-state index < -0.39 is 5.82 Å². The van der Waals surface area contributed by atoms with Crippen LogP contribution in [0.25, 0.3) is 0 Å². The maximum Gasteiger partial charge on any atom is 0.165 e. The summed E-state index contributed by atoms with van der Waals surface area (Å²) in [5, 5.41) is 0. The summed E-state index contributed by atoms with van der Waals surface area (Å²) in [4.78, 5) is 11.5. The van der Waals surface area contributed by atoms with Crippen molar-refractivity contribution >= 4 is 5.78 Å². The predicted octanol–water partition coefficient (Wildman–Crippen LogP) is 2.43. The van der Waals surface area contributed by atoms with Crippen LogP contribution in [0.15, 0.2) is 18.2 Å². The van der Waals surface area contributed by atoms with E-state index in [9.17, 15) is 9.18 Å². The molecule has 3 heteroatoms. The van der Waals surface area contributed by atoms with Crippen LogP contribution in [0, 0.1) is 18.2 Å². The Morgan fingerprint density at radius 3 is 2.93 bits per heavy atom. The van der Waals surface area contributed by atoms with Gasteiger partial charge in [0, 0.05) is 18.4 Å². The first-order valence-corrected chi connectivity index (χ1v) is 4.49. The van der Waals surface area contributed by atoms with E-state index in [-0.39, 0.29) is 18.0 Å². The molecule has 1 rings (SSSR count). The van der Waals surface area contributed by atoms with Crippen LogP contribution >= 0.6 is 0 Å². The van der Waals surface area contributed by atoms with Crippen molar-refractivity contribution < 1.29 is 13.9 Å². The van der Waals surface area contributed by atoms with Gasteiger partial charge in [-0.25, -0.2) is 4.39 Å². The van der Waals surface area contributed by atoms with Gasteiger partial charge in [0.25, 0.3) is 0 Å². The van der Waals surface area contributed by atoms with Crippen LogP contribution in [-0.4, -0.2) is 12.9 Å². The standard InChI is InChI=1S/C12H11FO2/c1-3-4-5-11(14)9-6-7-10(13)12(8-9)15-2/h1,6-8H,4-5H2,2H3. The number of methoxy groups -OCH3 is 1. The minimum atomic E-state index is -0.481. The minimum Gasteiger partial charge on any atom is -0.494 e. The summed E-state index contributed by atoms with van der Waals surface area (Å²) < 4.78 is 17.8. The van der Waals surface area contributed by atoms with Gasteiger partial charge < -0.3 is 4.74 Å². The zero-order chi connectivity index (χ0) is 11.3. The van der Waals surface area contributed by atoms with Gasteiger partial charge >= 0.3 is 0 Å². The van der Waals surface area contributed by atoms with Crippen molar-refractivity contribution in [1.29, 1.82) is 0 Å². The Labute approximate surface area is 88.1 Å². The van der Waals surface area contributed by atoms with Crippen LogP contribution in [0.1, 0.15) is 23.2 Å². The van der Waals surface area contributed by atoms with Gasteiger partial charge in [0.2, 0.25) is 0 Å². The lowest BCUT2D eigenvalue weighted by Gasteiger charge is -2.04. The minimum absolute atomic E-state index is 0.0709. The molecule has 0 aromatic heterocycles. The van der Waals surface area contributed by atoms with Crippen molar-refractivity contribution in [2.75, 3.05) is 7.11 Å². The molecule has 0 atom stereocenters. The van der Waals surface area contributed by atoms with Crippen LogP contribution in [0.4, 0.5) is 4.39 Å². The molecule has 0 radical (unpaired) electrons. The van der Waals surface area contributed by atoms with E-state index in [4.69, 9.17) is 11.2 Å². The number of halogens is 1. The number of carbonyl (C=O) groups is 1. The molecule has 0 saturated carbocycles. The quantitative estimate of drug-likeness (QED) is 0.558. The molecule has 0 aliphatic rings. The van der Waals surface area contributed by atoms with Crippen LogP contribution in [0.3, 0.4) is 0 Å². The Hall–Kier alpha value is -1.82. The molecular formula is C12H11FO2. The third kappa shape index (κ3) is 2.81. The van der Waals surface area contributed by atoms with Gasteiger partial charge in [0.1, 0.15) is 0 Å². The molecule has 1 aromatic rings. The van der Waals surface area contributed by atoms with Crippen molar-refractivity contribution in [2.45, 2.75) is 12.8 Å². The summed E-state index contributed by atoms with van der Waals surface area (Å²) >= 11 is 0. The molecule has 0 saturated heterocycles. The Balaban J connectivity index is 2.87. The maximum atomic E-state index is 13.0. The predicted molar refractivity (Wildman–Crippen MR) is 55.3 cm³/mol. The molecule has 0 bridgehead atoms. The first-order chi connectivity index (χ1) is 7.19. The normalized spacial score (nSPS) is 9.40. The maximum absolute atomic E-state index is 13.0. The van der Waals surface area contributed by atoms with Crippen molar-refractivity contribution in [3.8, 4) is 18.1 Å². The highest BCUT2D eigenvalue weighted by Gasteiger charge is 2.09. The molecule has 1 aromatic carbocycles. The van der Waals surface area contributed by atoms with Crippen LogP contribution in [-0.2, 0) is 0 Å². The second-order valence-electron chi connectivity index (χ2n) is 2.98. The molecule has 0 aliphatic heterocycles. The summed E-state index contributed by atoms with van der Waals surface area (Å²) in [7, 11) is 1.36. The molecule has 2 nitrogen and oxygen atoms in total. The fourth-order valence-corrected chi connectivity index (χ4v) is 1.16. The zero-order valence-corrected chi connectivity index (χ0v) is 8.42. The van der Waals surface area contributed by atoms with Gasteiger partial charge in [-0.3, -0.25) is 4.79 Å². The number of benzene rings is 1. The second-order valence-corrected chi connectivity index (χ2v) is 2.98. The van der Waals surface area contributed by atoms with E-state index in [1.54, 1.807) is 0 Å². The molecule has 0 spiro atoms. The summed E-state index contributed by atoms with van der Waals surface area (Å²) in [6, 6.07) is 4.02. The van der Waals surface area contributed by atoms with Crippen LogP contribution < -0.4 is 4.74 Å². The summed E-state index contributed by atoms with van der Waals surface area (Å²) in [5.74, 6) is 1.87. The lowest BCUT2D eigenvalue weighted by Crippen LogP contribution is -2.00. The first kappa shape index (κ1) is 11.3. The SMILES string of the molecule is C#CCCC(=O)c1ccc(F)c(OC)c1. The number of carbonyl (C=O) groups excluding carboxylic acids is 1. The number of ketones is 1. The third-order valence-corrected chi connectivity index (χ3v) is 1.97. The van der Waals surface area contributed by atoms with E-state index in [2.05, 4.69) is 5.92 Å². The van der Waals surface area contributed by atoms with Gasteiger partial charge in [-0.1, -0.05) is 0 Å². The Morgan fingerprint density at radius 2 is 2.33 bits per heavy atom. The lowest BCUT2D eigenvalue weighted by atomic mass is 10.1. The van der Waals surface area contributed by atoms with Crippen molar-refractivity contribution in [2.24, 2.45) is 0 Å². The molecule has 0 amide bonds. The average molecular weight is 206 g/mol. The summed E-state index contributed by atoms with van der Waals surface area (Å²) in [6.07, 6.45) is 5.70. The van der Waals surface area contributed by atoms with E-state index in [1.165, 1.54) is 25.3 Å². The smallest absolute Gasteiger partial charge is 0.165 e. The molecule has 15 heavy (non-hydrogen) atoms. The Kier molecular flexibility index (Phi) is 3.87. The van der Waals surface area contributed by atoms with Crippen LogP contribution in [0.5, 0.6) is 5.75 Å². The number of Topliss-reactive ketones (excluding diaryl/α,β-unsaturated/α-hetero) is 1. The van der Waals surface area contributed by atoms with Crippen molar-refractivity contribution in [1.82, 2.24) is 0 Å². The highest BCUT2D eigenvalue weighted by molar-refractivity contribution is 5.96. The fourth-order valence-electron chi connectivity index (χ4n) is 1.16. The Morgan fingerprint density at radius 1 is 1.60 bits per heavy atom. The van der Waals surface area contributed by atoms with Gasteiger partial charge in [-0.05, 0) is 18.2 Å². The fraction of sp³-hybridized carbons (Fsp3) is 0.250. The second kappa shape index (κ2) is 5.16. The number of terminal acetylenes is 1. The molecular weight excluding hydrogens is 195 g/mol. The highest BCUT2D eigenvalue weighted by Crippen LogP contribution is 2.19. The van der Waals surface area contributed by atoms with E-state index >= 15 is 0 Å². The molecule has 0 N–H and O–H groups in total. The Bertz CT molecular complexity index is 405. The largest absolute Gasteiger partial charge is 0.494 e. The lowest BCUT2D eigenvalue weighted by molar-refractivity contribution is 0.0984. The van der Waals surface area contributed by atoms with Gasteiger partial charge in [0.15, 0.2) is 17.3 Å². The third-order valence-electron chi connectivity index (χ3n) is 1.97. The summed E-state index contributed by atoms with van der Waals surface area (Å²) in [6.45, 7) is 0. The summed E-state index contributed by atoms with van der Waals surface area (Å²) in [5.41, 5.74) is 0.420. The van der Waals surface area contributed by atoms with Crippen molar-refractivity contribution in [3.05, 3.63) is 29.6 Å². The molecule has 78 valence electrons. The van der Waals surface area contributed by atoms with Crippen molar-refractivity contribution in [3.63, 3.8) is 0 Å². The van der Waals surface area contributed by atoms with Gasteiger partial charge in [-0.15, -0.1) is 12.3 Å². The zero-order valence-electron chi connectivity index (χ0n) is 8.42. The first-order valence-electron chi connectivity index (χ1n) is 4.49. The van der Waals surface area contributed by atoms with E-state index in [1.807, 2.05) is 0 Å². The highest BCUT2D eigenvalue weighted by atomic mass is 19.1. The van der Waals surface area contributed by atoms with Crippen LogP contribution in [0.2, 0.25) is 0 Å². The molecule has 0 unspecified atom stereocenters. The van der Waals surface area contributed by atoms with Gasteiger partial charge in [-0.2, -0.15) is 0 Å². The molecule has 0 fully saturated rings. The number of hydrogen-bond acceptors (Lipinski definition) is 2. The monoisotopic (exact) mass is 206 g/mol. The van der Waals surface area contributed by atoms with E-state index in [0.29, 0.717) is 12.0 Å². The molecule has 0 aliphatic carbocycles. The number of ether oxygens (including phenoxy) is 1. The van der Waals surface area contributed by atoms with E-state index in [0.717, 1.165) is 0 Å². The number of hydrogen-bond donors (Lipinski definition) is 0. The molecule has 0 heterocycles. The van der Waals surface area contributed by atoms with Gasteiger partial charge in [0.05, 0.1) is 7.11 Å². The number of rotatable bonds is 4.